The largest absolute Gasteiger partial charge is 0.478 e. The van der Waals surface area contributed by atoms with Crippen molar-refractivity contribution in [2.45, 2.75) is 41.7 Å². The van der Waals surface area contributed by atoms with E-state index in [1.165, 1.54) is 48.7 Å². The lowest BCUT2D eigenvalue weighted by Gasteiger charge is -2.49. The van der Waals surface area contributed by atoms with E-state index in [1.54, 1.807) is 10.7 Å². The molecule has 6 rings (SSSR count). The topological polar surface area (TPSA) is 231 Å². The molecule has 1 fully saturated rings. The highest BCUT2D eigenvalue weighted by Crippen LogP contribution is 2.42. The number of carbonyl (C=O) groups is 4. The molecule has 0 aliphatic carbocycles. The van der Waals surface area contributed by atoms with E-state index >= 15 is 0 Å². The van der Waals surface area contributed by atoms with Crippen LogP contribution in [0.4, 0.5) is 5.13 Å². The second-order valence-corrected chi connectivity index (χ2v) is 14.5. The minimum atomic E-state index is -1.79. The average molecular weight is 718 g/mol. The van der Waals surface area contributed by atoms with Crippen molar-refractivity contribution in [3.63, 3.8) is 0 Å². The third kappa shape index (κ3) is 6.50. The first-order valence-electron chi connectivity index (χ1n) is 13.6. The number of aliphatic carboxylic acids is 2. The van der Waals surface area contributed by atoms with Gasteiger partial charge < -0.3 is 26.1 Å². The summed E-state index contributed by atoms with van der Waals surface area (Å²) in [6, 6.07) is 2.72. The fourth-order valence-electron chi connectivity index (χ4n) is 4.54. The first-order valence-corrected chi connectivity index (χ1v) is 17.3. The standard InChI is InChI=1S/C26H24N10O7S4/c1-26(2,23(41)42)43-32-15(18-31-24(27)47-33-18)19(37)30-16-20(38)36-17(22(39)40)12(9-44-21(16)36)10-45-25-29-13(11-46-25)8-34-6-7-35-14(34)4-3-5-28-35/h3-7,11,16,21H,8-10H2,1-2H3,(H4-,27,30,31,33,37,39,40,41,42)/p+1/b32-15+/t16-,21?/m1/s1. The van der Waals surface area contributed by atoms with Crippen molar-refractivity contribution in [3.05, 3.63) is 58.9 Å². The van der Waals surface area contributed by atoms with E-state index in [2.05, 4.69) is 24.9 Å². The molecule has 2 atom stereocenters. The van der Waals surface area contributed by atoms with Gasteiger partial charge in [0.25, 0.3) is 11.8 Å². The van der Waals surface area contributed by atoms with Crippen LogP contribution in [-0.4, -0.2) is 97.1 Å². The van der Waals surface area contributed by atoms with Crippen molar-refractivity contribution < 1.29 is 38.8 Å². The molecule has 0 radical (unpaired) electrons. The summed E-state index contributed by atoms with van der Waals surface area (Å²) in [5.74, 6) is -3.78. The van der Waals surface area contributed by atoms with Crippen LogP contribution in [0.3, 0.4) is 0 Å². The number of imidazole rings is 1. The minimum Gasteiger partial charge on any atom is -0.478 e. The maximum absolute atomic E-state index is 13.3. The number of oxime groups is 1. The molecule has 4 aromatic rings. The minimum absolute atomic E-state index is 0.0218. The van der Waals surface area contributed by atoms with Crippen LogP contribution in [0, 0.1) is 0 Å². The van der Waals surface area contributed by atoms with Crippen molar-refractivity contribution in [2.24, 2.45) is 5.16 Å². The smallest absolute Gasteiger partial charge is 0.352 e. The van der Waals surface area contributed by atoms with Crippen LogP contribution < -0.4 is 15.6 Å². The average Bonchev–Trinajstić information content (AvgIpc) is 3.79. The van der Waals surface area contributed by atoms with Crippen molar-refractivity contribution in [1.82, 2.24) is 34.2 Å². The lowest BCUT2D eigenvalue weighted by atomic mass is 10.0. The van der Waals surface area contributed by atoms with Crippen LogP contribution in [0.5, 0.6) is 0 Å². The SMILES string of the molecule is CC(C)(O/N=C(/C(=O)N[C@@H]1C(=O)N2C(C(=O)O)=C(CSc3nc(C[n+]4ccn5ncccc54)cs3)CSC12)c1nsc(N)n1)C(=O)O. The molecule has 5 N–H and O–H groups in total. The maximum Gasteiger partial charge on any atom is 0.352 e. The molecule has 0 saturated carbocycles. The Labute approximate surface area is 281 Å². The number of aromatic nitrogens is 6. The zero-order chi connectivity index (χ0) is 33.5. The molecule has 0 aromatic carbocycles. The van der Waals surface area contributed by atoms with Gasteiger partial charge in [0.1, 0.15) is 29.9 Å². The zero-order valence-corrected chi connectivity index (χ0v) is 27.7. The normalized spacial score (nSPS) is 18.2. The Morgan fingerprint density at radius 3 is 2.83 bits per heavy atom. The number of β-lactam (4-membered cyclic amide) rings is 1. The number of anilines is 1. The second-order valence-electron chi connectivity index (χ2n) is 10.6. The van der Waals surface area contributed by atoms with E-state index < -0.39 is 46.5 Å². The van der Waals surface area contributed by atoms with Gasteiger partial charge in [0.05, 0.1) is 11.9 Å². The summed E-state index contributed by atoms with van der Waals surface area (Å²) in [6.45, 7) is 3.00. The summed E-state index contributed by atoms with van der Waals surface area (Å²) in [6.07, 6.45) is 5.48. The predicted molar refractivity (Wildman–Crippen MR) is 171 cm³/mol. The van der Waals surface area contributed by atoms with Crippen LogP contribution >= 0.6 is 46.4 Å². The number of rotatable bonds is 12. The number of nitrogens with one attached hydrogen (secondary N) is 1. The molecular weight excluding hydrogens is 693 g/mol. The van der Waals surface area contributed by atoms with Crippen molar-refractivity contribution in [1.29, 1.82) is 0 Å². The van der Waals surface area contributed by atoms with Crippen LogP contribution in [0.25, 0.3) is 5.65 Å². The Kier molecular flexibility index (Phi) is 8.87. The van der Waals surface area contributed by atoms with Gasteiger partial charge in [-0.2, -0.15) is 9.36 Å². The van der Waals surface area contributed by atoms with Gasteiger partial charge >= 0.3 is 17.6 Å². The van der Waals surface area contributed by atoms with E-state index in [0.29, 0.717) is 23.6 Å². The van der Waals surface area contributed by atoms with Crippen molar-refractivity contribution in [3.8, 4) is 0 Å². The number of fused-ring (bicyclic) bond motifs is 2. The highest BCUT2D eigenvalue weighted by atomic mass is 32.2. The summed E-state index contributed by atoms with van der Waals surface area (Å²) in [4.78, 5) is 65.2. The highest BCUT2D eigenvalue weighted by molar-refractivity contribution is 8.01. The van der Waals surface area contributed by atoms with Crippen LogP contribution in [0.15, 0.2) is 56.9 Å². The molecule has 21 heteroatoms. The number of amides is 2. The number of carboxylic acid groups (broad SMARTS) is 2. The number of hydrogen-bond acceptors (Lipinski definition) is 15. The number of hydrogen-bond donors (Lipinski definition) is 4. The van der Waals surface area contributed by atoms with Gasteiger partial charge in [-0.3, -0.25) is 14.5 Å². The Hall–Kier alpha value is -4.60. The monoisotopic (exact) mass is 717 g/mol. The first kappa shape index (κ1) is 32.3. The van der Waals surface area contributed by atoms with E-state index in [0.717, 1.165) is 32.1 Å². The Balaban J connectivity index is 1.13. The van der Waals surface area contributed by atoms with Crippen molar-refractivity contribution in [2.75, 3.05) is 17.2 Å². The molecule has 17 nitrogen and oxygen atoms in total. The lowest BCUT2D eigenvalue weighted by Crippen LogP contribution is -2.71. The summed E-state index contributed by atoms with van der Waals surface area (Å²) >= 11 is 4.91. The third-order valence-electron chi connectivity index (χ3n) is 6.96. The number of thioether (sulfide) groups is 2. The first-order chi connectivity index (χ1) is 22.4. The van der Waals surface area contributed by atoms with Gasteiger partial charge in [-0.25, -0.2) is 19.1 Å². The Bertz CT molecular complexity index is 1970. The van der Waals surface area contributed by atoms with E-state index in [4.69, 9.17) is 15.6 Å². The molecule has 2 amide bonds. The molecule has 6 heterocycles. The number of nitrogens with zero attached hydrogens (tertiary/aromatic N) is 8. The fourth-order valence-corrected chi connectivity index (χ4v) is 8.29. The number of carbonyl (C=O) groups excluding carboxylic acids is 2. The third-order valence-corrected chi connectivity index (χ3v) is 11.0. The maximum atomic E-state index is 13.3. The van der Waals surface area contributed by atoms with Gasteiger partial charge in [0.2, 0.25) is 17.1 Å². The second kappa shape index (κ2) is 12.9. The molecular formula is C26H25N10O7S4+. The van der Waals surface area contributed by atoms with Crippen LogP contribution in [0.2, 0.25) is 0 Å². The molecule has 1 unspecified atom stereocenters. The zero-order valence-electron chi connectivity index (χ0n) is 24.5. The molecule has 0 bridgehead atoms. The molecule has 47 heavy (non-hydrogen) atoms. The van der Waals surface area contributed by atoms with Gasteiger partial charge in [0, 0.05) is 34.5 Å². The molecule has 2 aliphatic rings. The van der Waals surface area contributed by atoms with Gasteiger partial charge in [-0.1, -0.05) is 22.0 Å². The molecule has 1 saturated heterocycles. The van der Waals surface area contributed by atoms with E-state index in [-0.39, 0.29) is 16.7 Å². The number of nitrogen functional groups attached to an aromatic ring is 1. The Morgan fingerprint density at radius 2 is 2.11 bits per heavy atom. The molecule has 4 aromatic heterocycles. The van der Waals surface area contributed by atoms with Gasteiger partial charge in [-0.05, 0) is 25.5 Å². The van der Waals surface area contributed by atoms with Crippen LogP contribution in [-0.2, 0) is 30.6 Å². The number of nitrogens with two attached hydrogens (primary N) is 1. The van der Waals surface area contributed by atoms with Gasteiger partial charge in [-0.15, -0.1) is 27.6 Å². The summed E-state index contributed by atoms with van der Waals surface area (Å²) in [5, 5.41) is 31.2. The predicted octanol–water partition coefficient (Wildman–Crippen LogP) is 0.675. The molecule has 2 aliphatic heterocycles. The summed E-state index contributed by atoms with van der Waals surface area (Å²) in [7, 11) is 0. The van der Waals surface area contributed by atoms with Crippen molar-refractivity contribution >= 4 is 86.6 Å². The fraction of sp³-hybridized carbons (Fsp3) is 0.308. The molecule has 0 spiro atoms. The van der Waals surface area contributed by atoms with Crippen LogP contribution in [0.1, 0.15) is 25.4 Å². The summed E-state index contributed by atoms with van der Waals surface area (Å²) < 4.78 is 8.48. The van der Waals surface area contributed by atoms with E-state index in [1.807, 2.05) is 34.5 Å². The Morgan fingerprint density at radius 1 is 1.30 bits per heavy atom. The van der Waals surface area contributed by atoms with Gasteiger partial charge in [0.15, 0.2) is 15.7 Å². The lowest BCUT2D eigenvalue weighted by molar-refractivity contribution is -0.662. The highest BCUT2D eigenvalue weighted by Gasteiger charge is 2.54. The number of carboxylic acids is 2. The quantitative estimate of drug-likeness (QED) is 0.0519. The number of thiazole rings is 1. The summed E-state index contributed by atoms with van der Waals surface area (Å²) in [5.41, 5.74) is 5.54. The van der Waals surface area contributed by atoms with E-state index in [9.17, 15) is 29.4 Å². The molecule has 244 valence electrons.